The SMILES string of the molecule is COc1ccc2ncc(F)c(CC(NC(=O)O)[C@H]3CC[C@H](NCc4ccc5c(n4)NC(=O)CS5)CC3)c2n1. The van der Waals surface area contributed by atoms with Crippen LogP contribution in [0, 0.1) is 11.7 Å². The number of carbonyl (C=O) groups excluding carboxylic acids is 1. The molecule has 1 atom stereocenters. The summed E-state index contributed by atoms with van der Waals surface area (Å²) in [6.45, 7) is 0.571. The first-order valence-corrected chi connectivity index (χ1v) is 13.5. The maximum absolute atomic E-state index is 14.9. The minimum absolute atomic E-state index is 0.0440. The molecular formula is C26H29FN6O4S. The number of halogens is 1. The molecule has 1 fully saturated rings. The first kappa shape index (κ1) is 26.1. The smallest absolute Gasteiger partial charge is 0.404 e. The number of aromatic nitrogens is 3. The van der Waals surface area contributed by atoms with E-state index in [0.29, 0.717) is 40.6 Å². The van der Waals surface area contributed by atoms with Crippen LogP contribution in [-0.4, -0.2) is 57.0 Å². The number of nitrogens with one attached hydrogen (secondary N) is 3. The van der Waals surface area contributed by atoms with Crippen molar-refractivity contribution in [2.75, 3.05) is 18.2 Å². The molecule has 1 saturated carbocycles. The van der Waals surface area contributed by atoms with Crippen LogP contribution in [0.2, 0.25) is 0 Å². The summed E-state index contributed by atoms with van der Waals surface area (Å²) in [6, 6.07) is 7.10. The lowest BCUT2D eigenvalue weighted by Crippen LogP contribution is -2.44. The third-order valence-corrected chi connectivity index (χ3v) is 8.17. The Morgan fingerprint density at radius 3 is 2.82 bits per heavy atom. The van der Waals surface area contributed by atoms with Gasteiger partial charge in [-0.3, -0.25) is 9.78 Å². The van der Waals surface area contributed by atoms with Crippen molar-refractivity contribution in [1.29, 1.82) is 0 Å². The zero-order valence-corrected chi connectivity index (χ0v) is 21.7. The molecule has 3 aromatic rings. The summed E-state index contributed by atoms with van der Waals surface area (Å²) in [4.78, 5) is 37.3. The Hall–Kier alpha value is -3.51. The van der Waals surface area contributed by atoms with Gasteiger partial charge in [-0.15, -0.1) is 11.8 Å². The lowest BCUT2D eigenvalue weighted by Gasteiger charge is -2.34. The first-order chi connectivity index (χ1) is 18.4. The van der Waals surface area contributed by atoms with Crippen LogP contribution in [0.4, 0.5) is 15.0 Å². The van der Waals surface area contributed by atoms with Gasteiger partial charge in [0.05, 0.1) is 40.7 Å². The maximum Gasteiger partial charge on any atom is 0.404 e. The van der Waals surface area contributed by atoms with Crippen LogP contribution in [-0.2, 0) is 17.8 Å². The van der Waals surface area contributed by atoms with Crippen molar-refractivity contribution in [3.8, 4) is 5.88 Å². The third kappa shape index (κ3) is 5.97. The number of fused-ring (bicyclic) bond motifs is 2. The van der Waals surface area contributed by atoms with E-state index < -0.39 is 18.0 Å². The molecule has 1 aliphatic heterocycles. The molecule has 2 amide bonds. The Kier molecular flexibility index (Phi) is 7.89. The highest BCUT2D eigenvalue weighted by Gasteiger charge is 2.30. The molecule has 4 N–H and O–H groups in total. The summed E-state index contributed by atoms with van der Waals surface area (Å²) in [5, 5.41) is 18.5. The number of ether oxygens (including phenoxy) is 1. The number of nitrogens with zero attached hydrogens (tertiary/aromatic N) is 3. The maximum atomic E-state index is 14.9. The highest BCUT2D eigenvalue weighted by molar-refractivity contribution is 8.00. The number of methoxy groups -OCH3 is 1. The van der Waals surface area contributed by atoms with E-state index in [2.05, 4.69) is 30.9 Å². The highest BCUT2D eigenvalue weighted by Crippen LogP contribution is 2.32. The van der Waals surface area contributed by atoms with E-state index in [1.165, 1.54) is 18.9 Å². The average Bonchev–Trinajstić information content (AvgIpc) is 2.92. The van der Waals surface area contributed by atoms with Gasteiger partial charge < -0.3 is 25.8 Å². The monoisotopic (exact) mass is 540 g/mol. The molecule has 10 nitrogen and oxygen atoms in total. The Labute approximate surface area is 223 Å². The van der Waals surface area contributed by atoms with E-state index in [1.807, 2.05) is 12.1 Å². The molecule has 1 aliphatic carbocycles. The predicted molar refractivity (Wildman–Crippen MR) is 141 cm³/mol. The number of hydrogen-bond donors (Lipinski definition) is 4. The van der Waals surface area contributed by atoms with Crippen molar-refractivity contribution in [2.45, 2.75) is 55.6 Å². The fourth-order valence-corrected chi connectivity index (χ4v) is 5.93. The Morgan fingerprint density at radius 1 is 1.24 bits per heavy atom. The van der Waals surface area contributed by atoms with E-state index in [4.69, 9.17) is 4.74 Å². The van der Waals surface area contributed by atoms with E-state index in [0.717, 1.165) is 42.5 Å². The van der Waals surface area contributed by atoms with Gasteiger partial charge in [-0.1, -0.05) is 0 Å². The quantitative estimate of drug-likeness (QED) is 0.337. The zero-order chi connectivity index (χ0) is 26.6. The minimum Gasteiger partial charge on any atom is -0.481 e. The normalized spacial score (nSPS) is 19.9. The van der Waals surface area contributed by atoms with Crippen LogP contribution in [0.5, 0.6) is 5.88 Å². The van der Waals surface area contributed by atoms with E-state index >= 15 is 0 Å². The molecule has 5 rings (SSSR count). The third-order valence-electron chi connectivity index (χ3n) is 7.13. The van der Waals surface area contributed by atoms with Gasteiger partial charge >= 0.3 is 6.09 Å². The molecule has 3 aromatic heterocycles. The minimum atomic E-state index is -1.14. The molecule has 1 unspecified atom stereocenters. The second-order valence-electron chi connectivity index (χ2n) is 9.54. The van der Waals surface area contributed by atoms with Crippen molar-refractivity contribution in [1.82, 2.24) is 25.6 Å². The van der Waals surface area contributed by atoms with Gasteiger partial charge in [0, 0.05) is 30.3 Å². The molecule has 0 spiro atoms. The number of carboxylic acid groups (broad SMARTS) is 1. The van der Waals surface area contributed by atoms with Gasteiger partial charge in [-0.05, 0) is 56.2 Å². The topological polar surface area (TPSA) is 138 Å². The summed E-state index contributed by atoms with van der Waals surface area (Å²) in [5.74, 6) is 0.846. The lowest BCUT2D eigenvalue weighted by atomic mass is 9.79. The Balaban J connectivity index is 1.23. The average molecular weight is 541 g/mol. The fourth-order valence-electron chi connectivity index (χ4n) is 5.18. The fraction of sp³-hybridized carbons (Fsp3) is 0.423. The molecule has 2 aliphatic rings. The number of anilines is 1. The molecule has 0 aromatic carbocycles. The van der Waals surface area contributed by atoms with Gasteiger partial charge in [0.15, 0.2) is 0 Å². The standard InChI is InChI=1S/C26H29FN6O4S/c1-37-23-9-7-19-24(33-23)17(18(27)12-29-19)10-20(31-26(35)36)14-2-4-15(5-3-14)28-11-16-6-8-21-25(30-16)32-22(34)13-38-21/h6-9,12,14-15,20,28,31H,2-5,10-11,13H2,1H3,(H,35,36)(H,30,32,34)/t14-,15-,20?. The summed E-state index contributed by atoms with van der Waals surface area (Å²) < 4.78 is 20.1. The van der Waals surface area contributed by atoms with Gasteiger partial charge in [-0.25, -0.2) is 19.2 Å². The second-order valence-corrected chi connectivity index (χ2v) is 10.6. The van der Waals surface area contributed by atoms with E-state index in [1.54, 1.807) is 12.1 Å². The number of thioether (sulfide) groups is 1. The van der Waals surface area contributed by atoms with Crippen molar-refractivity contribution in [3.05, 3.63) is 47.5 Å². The zero-order valence-electron chi connectivity index (χ0n) is 20.9. The Morgan fingerprint density at radius 2 is 2.05 bits per heavy atom. The number of rotatable bonds is 8. The summed E-state index contributed by atoms with van der Waals surface area (Å²) >= 11 is 1.48. The molecule has 4 heterocycles. The summed E-state index contributed by atoms with van der Waals surface area (Å²) in [6.07, 6.45) is 3.47. The number of amides is 2. The van der Waals surface area contributed by atoms with Crippen LogP contribution < -0.4 is 20.7 Å². The molecule has 0 saturated heterocycles. The molecule has 0 bridgehead atoms. The van der Waals surface area contributed by atoms with Crippen LogP contribution in [0.1, 0.15) is 36.9 Å². The second kappa shape index (κ2) is 11.5. The first-order valence-electron chi connectivity index (χ1n) is 12.5. The van der Waals surface area contributed by atoms with Gasteiger partial charge in [0.1, 0.15) is 11.6 Å². The largest absolute Gasteiger partial charge is 0.481 e. The molecule has 38 heavy (non-hydrogen) atoms. The van der Waals surface area contributed by atoms with Crippen molar-refractivity contribution in [3.63, 3.8) is 0 Å². The van der Waals surface area contributed by atoms with Gasteiger partial charge in [0.2, 0.25) is 11.8 Å². The van der Waals surface area contributed by atoms with Gasteiger partial charge in [0.25, 0.3) is 0 Å². The van der Waals surface area contributed by atoms with Crippen LogP contribution in [0.15, 0.2) is 35.4 Å². The van der Waals surface area contributed by atoms with E-state index in [9.17, 15) is 19.1 Å². The Bertz CT molecular complexity index is 1350. The number of carbonyl (C=O) groups is 2. The predicted octanol–water partition coefficient (Wildman–Crippen LogP) is 3.74. The highest BCUT2D eigenvalue weighted by atomic mass is 32.2. The molecule has 12 heteroatoms. The van der Waals surface area contributed by atoms with Crippen LogP contribution in [0.25, 0.3) is 11.0 Å². The molecule has 0 radical (unpaired) electrons. The lowest BCUT2D eigenvalue weighted by molar-refractivity contribution is -0.113. The summed E-state index contributed by atoms with van der Waals surface area (Å²) in [7, 11) is 1.49. The number of hydrogen-bond acceptors (Lipinski definition) is 8. The van der Waals surface area contributed by atoms with Crippen molar-refractivity contribution in [2.24, 2.45) is 5.92 Å². The van der Waals surface area contributed by atoms with Crippen molar-refractivity contribution < 1.29 is 23.8 Å². The number of pyridine rings is 3. The summed E-state index contributed by atoms with van der Waals surface area (Å²) in [5.41, 5.74) is 2.08. The molecule has 200 valence electrons. The van der Waals surface area contributed by atoms with Gasteiger partial charge in [-0.2, -0.15) is 0 Å². The van der Waals surface area contributed by atoms with Crippen LogP contribution >= 0.6 is 11.8 Å². The van der Waals surface area contributed by atoms with Crippen molar-refractivity contribution >= 4 is 40.6 Å². The van der Waals surface area contributed by atoms with Crippen LogP contribution in [0.3, 0.4) is 0 Å². The van der Waals surface area contributed by atoms with E-state index in [-0.39, 0.29) is 24.3 Å². The molecular weight excluding hydrogens is 511 g/mol.